The van der Waals surface area contributed by atoms with Crippen LogP contribution in [0.15, 0.2) is 0 Å². The van der Waals surface area contributed by atoms with Gasteiger partial charge in [-0.05, 0) is 5.82 Å². The van der Waals surface area contributed by atoms with Crippen LogP contribution in [-0.2, 0) is 36.3 Å². The molecule has 16 heteroatoms. The first-order chi connectivity index (χ1) is 10.9. The number of rotatable bonds is 9. The summed E-state index contributed by atoms with van der Waals surface area (Å²) in [5.41, 5.74) is 0. The minimum Gasteiger partial charge on any atom is -0.373 e. The first kappa shape index (κ1) is 22.0. The van der Waals surface area contributed by atoms with E-state index in [9.17, 15) is 18.6 Å². The lowest BCUT2D eigenvalue weighted by Gasteiger charge is -2.22. The van der Waals surface area contributed by atoms with Gasteiger partial charge < -0.3 is 29.0 Å². The lowest BCUT2D eigenvalue weighted by atomic mass is 9.83. The van der Waals surface area contributed by atoms with E-state index in [-0.39, 0.29) is 19.0 Å². The average Bonchev–Trinajstić information content (AvgIpc) is 2.70. The summed E-state index contributed by atoms with van der Waals surface area (Å²) in [4.78, 5) is 35.2. The molecule has 0 aromatic rings. The van der Waals surface area contributed by atoms with Gasteiger partial charge in [-0.3, -0.25) is 4.52 Å². The fourth-order valence-corrected chi connectivity index (χ4v) is 4.89. The molecule has 0 radical (unpaired) electrons. The summed E-state index contributed by atoms with van der Waals surface area (Å²) >= 11 is 0. The quantitative estimate of drug-likeness (QED) is 0.212. The highest BCUT2D eigenvalue weighted by molar-refractivity contribution is 7.66. The van der Waals surface area contributed by atoms with E-state index in [1.54, 1.807) is 7.85 Å². The zero-order valence-electron chi connectivity index (χ0n) is 12.3. The van der Waals surface area contributed by atoms with Gasteiger partial charge in [0.25, 0.3) is 0 Å². The normalized spacial score (nSPS) is 29.5. The third-order valence-corrected chi connectivity index (χ3v) is 6.48. The predicted octanol–water partition coefficient (Wildman–Crippen LogP) is -0.832. The third-order valence-electron chi connectivity index (χ3n) is 2.68. The van der Waals surface area contributed by atoms with Crippen molar-refractivity contribution in [2.75, 3.05) is 19.8 Å². The Morgan fingerprint density at radius 2 is 1.79 bits per heavy atom. The van der Waals surface area contributed by atoms with E-state index in [1.807, 2.05) is 0 Å². The summed E-state index contributed by atoms with van der Waals surface area (Å²) < 4.78 is 55.5. The first-order valence-corrected chi connectivity index (χ1v) is 10.8. The van der Waals surface area contributed by atoms with Crippen molar-refractivity contribution >= 4 is 31.3 Å². The Morgan fingerprint density at radius 1 is 1.17 bits per heavy atom. The summed E-state index contributed by atoms with van der Waals surface area (Å²) in [6, 6.07) is 0. The fraction of sp³-hybridized carbons (Fsp3) is 0.750. The molecule has 0 amide bonds. The maximum atomic E-state index is 11.6. The van der Waals surface area contributed by atoms with E-state index in [4.69, 9.17) is 30.6 Å². The summed E-state index contributed by atoms with van der Waals surface area (Å²) in [5, 5.41) is 0. The van der Waals surface area contributed by atoms with Gasteiger partial charge in [0.1, 0.15) is 20.6 Å². The molecule has 5 atom stereocenters. The average molecular weight is 408 g/mol. The van der Waals surface area contributed by atoms with Crippen LogP contribution in [0.25, 0.3) is 0 Å². The van der Waals surface area contributed by atoms with Gasteiger partial charge in [0.2, 0.25) is 0 Å². The van der Waals surface area contributed by atoms with Gasteiger partial charge in [-0.1, -0.05) is 5.92 Å². The van der Waals surface area contributed by atoms with Gasteiger partial charge in [-0.25, -0.2) is 13.7 Å². The lowest BCUT2D eigenvalue weighted by Crippen LogP contribution is -2.31. The van der Waals surface area contributed by atoms with Gasteiger partial charge >= 0.3 is 23.5 Å². The molecule has 1 aliphatic heterocycles. The molecular weight excluding hydrogens is 392 g/mol. The second kappa shape index (κ2) is 8.56. The van der Waals surface area contributed by atoms with Crippen molar-refractivity contribution in [3.8, 4) is 12.3 Å². The Bertz CT molecular complexity index is 612. The van der Waals surface area contributed by atoms with Gasteiger partial charge in [-0.15, -0.1) is 6.42 Å². The van der Waals surface area contributed by atoms with Crippen molar-refractivity contribution < 1.29 is 55.9 Å². The molecule has 0 aromatic heterocycles. The summed E-state index contributed by atoms with van der Waals surface area (Å²) in [5.74, 6) is 2.16. The van der Waals surface area contributed by atoms with Crippen LogP contribution in [0.2, 0.25) is 5.82 Å². The van der Waals surface area contributed by atoms with Crippen molar-refractivity contribution in [3.63, 3.8) is 0 Å². The molecule has 1 fully saturated rings. The van der Waals surface area contributed by atoms with Crippen LogP contribution >= 0.6 is 23.5 Å². The van der Waals surface area contributed by atoms with Crippen LogP contribution in [0, 0.1) is 12.3 Å². The molecule has 24 heavy (non-hydrogen) atoms. The van der Waals surface area contributed by atoms with Crippen LogP contribution in [0.5, 0.6) is 0 Å². The van der Waals surface area contributed by atoms with E-state index in [0.29, 0.717) is 0 Å². The van der Waals surface area contributed by atoms with Crippen LogP contribution in [-0.4, -0.2) is 59.4 Å². The van der Waals surface area contributed by atoms with Crippen LogP contribution in [0.4, 0.5) is 0 Å². The van der Waals surface area contributed by atoms with Crippen molar-refractivity contribution in [2.45, 2.75) is 18.0 Å². The highest BCUT2D eigenvalue weighted by Crippen LogP contribution is 2.66. The van der Waals surface area contributed by atoms with Crippen LogP contribution in [0.3, 0.4) is 0 Å². The van der Waals surface area contributed by atoms with Gasteiger partial charge in [0, 0.05) is 6.61 Å². The second-order valence-electron chi connectivity index (χ2n) is 4.72. The van der Waals surface area contributed by atoms with Crippen molar-refractivity contribution in [2.24, 2.45) is 0 Å². The lowest BCUT2D eigenvalue weighted by molar-refractivity contribution is -0.0228. The number of hydrogen-bond acceptors (Lipinski definition) is 8. The molecular formula is C8H16BO12P3. The Hall–Kier alpha value is -0.0451. The molecule has 0 aromatic carbocycles. The van der Waals surface area contributed by atoms with Crippen LogP contribution in [0.1, 0.15) is 0 Å². The minimum absolute atomic E-state index is 0.0237. The Kier molecular flexibility index (Phi) is 7.84. The molecule has 0 bridgehead atoms. The van der Waals surface area contributed by atoms with Crippen molar-refractivity contribution in [3.05, 3.63) is 0 Å². The highest BCUT2D eigenvalue weighted by Gasteiger charge is 2.42. The zero-order chi connectivity index (χ0) is 18.6. The molecule has 12 nitrogen and oxygen atoms in total. The Balaban J connectivity index is 2.61. The number of hydrogen-bond donors (Lipinski definition) is 4. The predicted molar refractivity (Wildman–Crippen MR) is 80.4 cm³/mol. The molecule has 1 heterocycles. The van der Waals surface area contributed by atoms with Gasteiger partial charge in [0.05, 0.1) is 12.7 Å². The highest BCUT2D eigenvalue weighted by atomic mass is 31.3. The molecule has 0 saturated carbocycles. The molecule has 1 rings (SSSR count). The molecule has 4 N–H and O–H groups in total. The van der Waals surface area contributed by atoms with E-state index < -0.39 is 42.3 Å². The van der Waals surface area contributed by atoms with Gasteiger partial charge in [-0.2, -0.15) is 8.62 Å². The Labute approximate surface area is 138 Å². The summed E-state index contributed by atoms with van der Waals surface area (Å²) in [6.07, 6.45) is 3.72. The molecule has 0 spiro atoms. The standard InChI is InChI=1S/C8H16BO12P3/c1-2-3-17-8-6(9)4-18-7(8)5-19-23(13,14)21-24(15,16)20-22(10,11)12/h1,6-8H,3-5,9H2,(H,13,14)(H,15,16)(H2,10,11,12). The molecule has 5 unspecified atom stereocenters. The second-order valence-corrected chi connectivity index (χ2v) is 9.14. The smallest absolute Gasteiger partial charge is 0.373 e. The first-order valence-electron chi connectivity index (χ1n) is 6.30. The fourth-order valence-electron chi connectivity index (χ4n) is 1.86. The largest absolute Gasteiger partial charge is 0.490 e. The topological polar surface area (TPSA) is 178 Å². The SMILES string of the molecule is BC1COC(COP(=O)(O)OP(=O)(O)OP(=O)(O)O)C1OCC#C. The third kappa shape index (κ3) is 7.89. The maximum Gasteiger partial charge on any atom is 0.490 e. The monoisotopic (exact) mass is 408 g/mol. The molecule has 138 valence electrons. The van der Waals surface area contributed by atoms with Gasteiger partial charge in [0.15, 0.2) is 0 Å². The number of phosphoric ester groups is 1. The molecule has 0 aliphatic carbocycles. The van der Waals surface area contributed by atoms with E-state index in [1.165, 1.54) is 0 Å². The summed E-state index contributed by atoms with van der Waals surface area (Å²) in [7, 11) is -14.4. The van der Waals surface area contributed by atoms with E-state index in [0.717, 1.165) is 0 Å². The van der Waals surface area contributed by atoms with Crippen molar-refractivity contribution in [1.29, 1.82) is 0 Å². The Morgan fingerprint density at radius 3 is 2.33 bits per heavy atom. The molecule has 1 saturated heterocycles. The number of ether oxygens (including phenoxy) is 2. The van der Waals surface area contributed by atoms with E-state index >= 15 is 0 Å². The van der Waals surface area contributed by atoms with Crippen LogP contribution < -0.4 is 0 Å². The number of terminal acetylenes is 1. The summed E-state index contributed by atoms with van der Waals surface area (Å²) in [6.45, 7) is -0.326. The number of phosphoric acid groups is 3. The zero-order valence-corrected chi connectivity index (χ0v) is 15.0. The minimum atomic E-state index is -5.54. The maximum absolute atomic E-state index is 11.6. The van der Waals surface area contributed by atoms with E-state index in [2.05, 4.69) is 19.1 Å². The molecule has 1 aliphatic rings. The van der Waals surface area contributed by atoms with Crippen molar-refractivity contribution in [1.82, 2.24) is 0 Å².